The van der Waals surface area contributed by atoms with Crippen LogP contribution in [-0.2, 0) is 4.74 Å². The normalized spacial score (nSPS) is 16.8. The number of hydrogen-bond donors (Lipinski definition) is 1. The highest BCUT2D eigenvalue weighted by molar-refractivity contribution is 7.13. The number of nitrogens with zero attached hydrogens (tertiary/aromatic N) is 2. The van der Waals surface area contributed by atoms with Crippen molar-refractivity contribution in [3.8, 4) is 0 Å². The van der Waals surface area contributed by atoms with Crippen LogP contribution in [0.5, 0.6) is 0 Å². The Bertz CT molecular complexity index is 414. The van der Waals surface area contributed by atoms with Gasteiger partial charge in [-0.3, -0.25) is 4.79 Å². The lowest BCUT2D eigenvalue weighted by Gasteiger charge is -2.31. The van der Waals surface area contributed by atoms with Crippen LogP contribution in [0.1, 0.15) is 33.9 Å². The van der Waals surface area contributed by atoms with Gasteiger partial charge in [0.15, 0.2) is 0 Å². The molecule has 1 aromatic heterocycles. The van der Waals surface area contributed by atoms with Gasteiger partial charge in [0.05, 0.1) is 17.3 Å². The van der Waals surface area contributed by atoms with Crippen LogP contribution < -0.4 is 5.73 Å². The van der Waals surface area contributed by atoms with Crippen molar-refractivity contribution in [1.82, 2.24) is 9.88 Å². The Hall–Kier alpha value is -0.980. The second kappa shape index (κ2) is 6.98. The van der Waals surface area contributed by atoms with Crippen LogP contribution in [0.15, 0.2) is 6.20 Å². The van der Waals surface area contributed by atoms with E-state index in [9.17, 15) is 4.79 Å². The first-order chi connectivity index (χ1) is 9.20. The number of amides is 1. The van der Waals surface area contributed by atoms with Crippen LogP contribution in [0, 0.1) is 6.92 Å². The first-order valence-electron chi connectivity index (χ1n) is 6.74. The van der Waals surface area contributed by atoms with Gasteiger partial charge in [0.2, 0.25) is 0 Å². The van der Waals surface area contributed by atoms with Crippen molar-refractivity contribution in [2.24, 2.45) is 5.73 Å². The molecule has 5 nitrogen and oxygen atoms in total. The number of likely N-dealkylation sites (tertiary alicyclic amines) is 1. The fourth-order valence-corrected chi connectivity index (χ4v) is 2.92. The molecule has 0 spiro atoms. The smallest absolute Gasteiger partial charge is 0.265 e. The molecule has 0 bridgehead atoms. The summed E-state index contributed by atoms with van der Waals surface area (Å²) in [6.07, 6.45) is 4.67. The molecule has 1 aromatic rings. The molecule has 2 N–H and O–H groups in total. The predicted octanol–water partition coefficient (Wildman–Crippen LogP) is 1.42. The highest BCUT2D eigenvalue weighted by Gasteiger charge is 2.24. The van der Waals surface area contributed by atoms with E-state index in [0.717, 1.165) is 48.8 Å². The summed E-state index contributed by atoms with van der Waals surface area (Å²) >= 11 is 1.46. The fraction of sp³-hybridized carbons (Fsp3) is 0.692. The van der Waals surface area contributed by atoms with Crippen molar-refractivity contribution < 1.29 is 9.53 Å². The van der Waals surface area contributed by atoms with Crippen LogP contribution >= 0.6 is 11.3 Å². The molecule has 106 valence electrons. The van der Waals surface area contributed by atoms with Crippen molar-refractivity contribution in [2.45, 2.75) is 32.3 Å². The minimum atomic E-state index is 0.103. The van der Waals surface area contributed by atoms with Crippen molar-refractivity contribution in [1.29, 1.82) is 0 Å². The number of hydrogen-bond acceptors (Lipinski definition) is 5. The Kier molecular flexibility index (Phi) is 5.30. The zero-order valence-corrected chi connectivity index (χ0v) is 12.1. The number of aryl methyl sites for hydroxylation is 1. The number of thiazole rings is 1. The molecule has 6 heteroatoms. The molecule has 1 saturated heterocycles. The van der Waals surface area contributed by atoms with E-state index >= 15 is 0 Å². The lowest BCUT2D eigenvalue weighted by Crippen LogP contribution is -2.40. The lowest BCUT2D eigenvalue weighted by molar-refractivity contribution is 0.00857. The number of nitrogens with two attached hydrogens (primary N) is 1. The van der Waals surface area contributed by atoms with Gasteiger partial charge in [-0.2, -0.15) is 0 Å². The fourth-order valence-electron chi connectivity index (χ4n) is 2.17. The Morgan fingerprint density at radius 1 is 1.58 bits per heavy atom. The zero-order valence-electron chi connectivity index (χ0n) is 11.3. The number of carbonyl (C=O) groups excluding carboxylic acids is 1. The predicted molar refractivity (Wildman–Crippen MR) is 75.4 cm³/mol. The highest BCUT2D eigenvalue weighted by Crippen LogP contribution is 2.19. The summed E-state index contributed by atoms with van der Waals surface area (Å²) in [5.41, 5.74) is 5.43. The maximum Gasteiger partial charge on any atom is 0.265 e. The minimum Gasteiger partial charge on any atom is -0.378 e. The number of ether oxygens (including phenoxy) is 1. The Morgan fingerprint density at radius 3 is 2.89 bits per heavy atom. The van der Waals surface area contributed by atoms with E-state index in [1.54, 1.807) is 6.20 Å². The van der Waals surface area contributed by atoms with Crippen molar-refractivity contribution in [3.05, 3.63) is 16.1 Å². The molecule has 2 heterocycles. The number of piperidine rings is 1. The first-order valence-corrected chi connectivity index (χ1v) is 7.55. The van der Waals surface area contributed by atoms with E-state index in [0.29, 0.717) is 6.54 Å². The number of aromatic nitrogens is 1. The van der Waals surface area contributed by atoms with Crippen LogP contribution in [0.4, 0.5) is 0 Å². The average molecular weight is 283 g/mol. The Morgan fingerprint density at radius 2 is 2.32 bits per heavy atom. The molecule has 1 aliphatic heterocycles. The monoisotopic (exact) mass is 283 g/mol. The molecule has 0 radical (unpaired) electrons. The number of carbonyl (C=O) groups is 1. The highest BCUT2D eigenvalue weighted by atomic mass is 32.1. The van der Waals surface area contributed by atoms with Gasteiger partial charge in [0.1, 0.15) is 4.88 Å². The van der Waals surface area contributed by atoms with Crippen LogP contribution in [0.25, 0.3) is 0 Å². The van der Waals surface area contributed by atoms with Gasteiger partial charge in [0, 0.05) is 19.7 Å². The van der Waals surface area contributed by atoms with Gasteiger partial charge in [-0.25, -0.2) is 4.98 Å². The van der Waals surface area contributed by atoms with Gasteiger partial charge < -0.3 is 15.4 Å². The van der Waals surface area contributed by atoms with Crippen LogP contribution in [0.3, 0.4) is 0 Å². The van der Waals surface area contributed by atoms with Gasteiger partial charge >= 0.3 is 0 Å². The molecule has 0 unspecified atom stereocenters. The molecule has 19 heavy (non-hydrogen) atoms. The average Bonchev–Trinajstić information content (AvgIpc) is 2.86. The van der Waals surface area contributed by atoms with E-state index in [1.807, 2.05) is 11.8 Å². The largest absolute Gasteiger partial charge is 0.378 e. The number of rotatable bonds is 5. The Balaban J connectivity index is 1.78. The van der Waals surface area contributed by atoms with E-state index in [-0.39, 0.29) is 12.0 Å². The summed E-state index contributed by atoms with van der Waals surface area (Å²) in [6.45, 7) is 4.84. The molecule has 0 atom stereocenters. The lowest BCUT2D eigenvalue weighted by atomic mass is 10.1. The second-order valence-corrected chi connectivity index (χ2v) is 5.98. The van der Waals surface area contributed by atoms with Gasteiger partial charge in [-0.15, -0.1) is 11.3 Å². The maximum absolute atomic E-state index is 12.2. The summed E-state index contributed by atoms with van der Waals surface area (Å²) in [6, 6.07) is 0. The molecule has 1 aliphatic rings. The van der Waals surface area contributed by atoms with Gasteiger partial charge in [-0.05, 0) is 32.7 Å². The quantitative estimate of drug-likeness (QED) is 0.830. The van der Waals surface area contributed by atoms with E-state index in [2.05, 4.69) is 4.98 Å². The summed E-state index contributed by atoms with van der Waals surface area (Å²) in [7, 11) is 0. The van der Waals surface area contributed by atoms with Crippen LogP contribution in [0.2, 0.25) is 0 Å². The third-order valence-corrected chi connectivity index (χ3v) is 4.16. The molecule has 1 fully saturated rings. The zero-order chi connectivity index (χ0) is 13.7. The molecule has 0 saturated carbocycles. The Labute approximate surface area is 117 Å². The van der Waals surface area contributed by atoms with Gasteiger partial charge in [0.25, 0.3) is 5.91 Å². The van der Waals surface area contributed by atoms with E-state index in [1.165, 1.54) is 11.3 Å². The molecule has 2 rings (SSSR count). The SMILES string of the molecule is Cc1ncc(C(=O)N2CCC(OCCCN)CC2)s1. The third-order valence-electron chi connectivity index (χ3n) is 3.26. The standard InChI is InChI=1S/C13H21N3O2S/c1-10-15-9-12(19-10)13(17)16-6-3-11(4-7-16)18-8-2-5-14/h9,11H,2-8,14H2,1H3. The molecule has 1 amide bonds. The van der Waals surface area contributed by atoms with Crippen molar-refractivity contribution in [3.63, 3.8) is 0 Å². The second-order valence-electron chi connectivity index (χ2n) is 4.75. The van der Waals surface area contributed by atoms with Crippen molar-refractivity contribution in [2.75, 3.05) is 26.2 Å². The molecular formula is C13H21N3O2S. The van der Waals surface area contributed by atoms with E-state index < -0.39 is 0 Å². The van der Waals surface area contributed by atoms with E-state index in [4.69, 9.17) is 10.5 Å². The summed E-state index contributed by atoms with van der Waals surface area (Å²) in [5, 5.41) is 0.934. The minimum absolute atomic E-state index is 0.103. The van der Waals surface area contributed by atoms with Crippen molar-refractivity contribution >= 4 is 17.2 Å². The maximum atomic E-state index is 12.2. The summed E-state index contributed by atoms with van der Waals surface area (Å²) in [4.78, 5) is 19.0. The molecular weight excluding hydrogens is 262 g/mol. The topological polar surface area (TPSA) is 68.5 Å². The summed E-state index contributed by atoms with van der Waals surface area (Å²) < 4.78 is 5.73. The third kappa shape index (κ3) is 3.99. The molecule has 0 aromatic carbocycles. The summed E-state index contributed by atoms with van der Waals surface area (Å²) in [5.74, 6) is 0.103. The molecule has 0 aliphatic carbocycles. The van der Waals surface area contributed by atoms with Crippen LogP contribution in [-0.4, -0.2) is 48.1 Å². The van der Waals surface area contributed by atoms with Gasteiger partial charge in [-0.1, -0.05) is 0 Å². The first kappa shape index (κ1) is 14.4.